The molecule has 0 radical (unpaired) electrons. The zero-order chi connectivity index (χ0) is 13.1. The van der Waals surface area contributed by atoms with Crippen LogP contribution < -0.4 is 5.32 Å². The maximum atomic E-state index is 13.1. The van der Waals surface area contributed by atoms with Gasteiger partial charge in [-0.05, 0) is 24.6 Å². The lowest BCUT2D eigenvalue weighted by atomic mass is 10.1. The fourth-order valence-electron chi connectivity index (χ4n) is 1.73. The van der Waals surface area contributed by atoms with Gasteiger partial charge in [-0.1, -0.05) is 0 Å². The summed E-state index contributed by atoms with van der Waals surface area (Å²) in [5, 5.41) is 2.92. The molecule has 94 valence electrons. The van der Waals surface area contributed by atoms with Gasteiger partial charge in [0.15, 0.2) is 0 Å². The summed E-state index contributed by atoms with van der Waals surface area (Å²) in [6.45, 7) is 1.85. The van der Waals surface area contributed by atoms with E-state index in [4.69, 9.17) is 0 Å². The van der Waals surface area contributed by atoms with Crippen molar-refractivity contribution in [1.29, 1.82) is 0 Å². The summed E-state index contributed by atoms with van der Waals surface area (Å²) in [4.78, 5) is 8.48. The topological polar surface area (TPSA) is 37.8 Å². The fourth-order valence-corrected chi connectivity index (χ4v) is 1.73. The number of nitrogens with one attached hydrogen (secondary N) is 1. The molecule has 2 aromatic rings. The van der Waals surface area contributed by atoms with E-state index in [9.17, 15) is 8.78 Å². The van der Waals surface area contributed by atoms with E-state index in [1.165, 1.54) is 12.1 Å². The van der Waals surface area contributed by atoms with E-state index in [-0.39, 0.29) is 0 Å². The standard InChI is InChI=1S/C13H13F2N3/c1-8-3-12(16-2)18-13(17-8)6-9-4-10(14)7-11(15)5-9/h3-5,7H,6H2,1-2H3,(H,16,17,18). The summed E-state index contributed by atoms with van der Waals surface area (Å²) in [5.74, 6) is 0.0386. The highest BCUT2D eigenvalue weighted by Gasteiger charge is 2.06. The zero-order valence-electron chi connectivity index (χ0n) is 10.2. The van der Waals surface area contributed by atoms with Gasteiger partial charge in [0.25, 0.3) is 0 Å². The van der Waals surface area contributed by atoms with Crippen molar-refractivity contribution in [2.45, 2.75) is 13.3 Å². The van der Waals surface area contributed by atoms with Gasteiger partial charge in [0.2, 0.25) is 0 Å². The minimum atomic E-state index is -0.591. The fraction of sp³-hybridized carbons (Fsp3) is 0.231. The average molecular weight is 249 g/mol. The van der Waals surface area contributed by atoms with Gasteiger partial charge >= 0.3 is 0 Å². The molecule has 0 saturated carbocycles. The monoisotopic (exact) mass is 249 g/mol. The van der Waals surface area contributed by atoms with E-state index in [2.05, 4.69) is 15.3 Å². The summed E-state index contributed by atoms with van der Waals surface area (Å²) < 4.78 is 26.1. The number of aromatic nitrogens is 2. The van der Waals surface area contributed by atoms with Crippen molar-refractivity contribution < 1.29 is 8.78 Å². The second-order valence-electron chi connectivity index (χ2n) is 4.02. The molecule has 0 saturated heterocycles. The molecule has 5 heteroatoms. The van der Waals surface area contributed by atoms with Gasteiger partial charge < -0.3 is 5.32 Å². The SMILES string of the molecule is CNc1cc(C)nc(Cc2cc(F)cc(F)c2)n1. The highest BCUT2D eigenvalue weighted by molar-refractivity contribution is 5.35. The first kappa shape index (κ1) is 12.4. The van der Waals surface area contributed by atoms with Crippen LogP contribution in [0.4, 0.5) is 14.6 Å². The third-order valence-electron chi connectivity index (χ3n) is 2.44. The summed E-state index contributed by atoms with van der Waals surface area (Å²) in [6, 6.07) is 5.22. The van der Waals surface area contributed by atoms with E-state index < -0.39 is 11.6 Å². The van der Waals surface area contributed by atoms with Gasteiger partial charge in [0.1, 0.15) is 23.3 Å². The Labute approximate surface area is 104 Å². The first-order valence-electron chi connectivity index (χ1n) is 5.54. The lowest BCUT2D eigenvalue weighted by molar-refractivity contribution is 0.580. The minimum Gasteiger partial charge on any atom is -0.373 e. The molecule has 1 heterocycles. The quantitative estimate of drug-likeness (QED) is 0.908. The summed E-state index contributed by atoms with van der Waals surface area (Å²) >= 11 is 0. The van der Waals surface area contributed by atoms with Crippen LogP contribution in [-0.4, -0.2) is 17.0 Å². The van der Waals surface area contributed by atoms with E-state index >= 15 is 0 Å². The highest BCUT2D eigenvalue weighted by Crippen LogP contribution is 2.13. The molecular weight excluding hydrogens is 236 g/mol. The molecule has 0 atom stereocenters. The molecule has 2 rings (SSSR count). The van der Waals surface area contributed by atoms with Crippen LogP contribution in [0.2, 0.25) is 0 Å². The molecule has 0 aliphatic carbocycles. The summed E-state index contributed by atoms with van der Waals surface area (Å²) in [7, 11) is 1.76. The summed E-state index contributed by atoms with van der Waals surface area (Å²) in [6.07, 6.45) is 0.297. The Morgan fingerprint density at radius 2 is 1.72 bits per heavy atom. The van der Waals surface area contributed by atoms with E-state index in [0.29, 0.717) is 23.6 Å². The normalized spacial score (nSPS) is 10.4. The van der Waals surface area contributed by atoms with Crippen LogP contribution in [0.3, 0.4) is 0 Å². The van der Waals surface area contributed by atoms with Crippen molar-refractivity contribution in [3.8, 4) is 0 Å². The van der Waals surface area contributed by atoms with Crippen LogP contribution in [0.15, 0.2) is 24.3 Å². The third kappa shape index (κ3) is 3.00. The van der Waals surface area contributed by atoms with E-state index in [0.717, 1.165) is 11.8 Å². The molecule has 0 fully saturated rings. The van der Waals surface area contributed by atoms with E-state index in [1.54, 1.807) is 13.1 Å². The van der Waals surface area contributed by atoms with Crippen LogP contribution in [0.1, 0.15) is 17.1 Å². The Kier molecular flexibility index (Phi) is 3.50. The maximum absolute atomic E-state index is 13.1. The Balaban J connectivity index is 2.30. The molecule has 0 aliphatic rings. The number of aryl methyl sites for hydroxylation is 1. The van der Waals surface area contributed by atoms with Crippen LogP contribution in [0.25, 0.3) is 0 Å². The van der Waals surface area contributed by atoms with Crippen molar-refractivity contribution in [2.24, 2.45) is 0 Å². The van der Waals surface area contributed by atoms with Crippen molar-refractivity contribution in [3.05, 3.63) is 53.0 Å². The van der Waals surface area contributed by atoms with Gasteiger partial charge in [-0.25, -0.2) is 18.7 Å². The van der Waals surface area contributed by atoms with Gasteiger partial charge in [-0.2, -0.15) is 0 Å². The number of hydrogen-bond donors (Lipinski definition) is 1. The smallest absolute Gasteiger partial charge is 0.135 e. The first-order chi connectivity index (χ1) is 8.56. The van der Waals surface area contributed by atoms with Gasteiger partial charge in [-0.3, -0.25) is 0 Å². The second-order valence-corrected chi connectivity index (χ2v) is 4.02. The summed E-state index contributed by atoms with van der Waals surface area (Å²) in [5.41, 5.74) is 1.32. The Bertz CT molecular complexity index is 550. The van der Waals surface area contributed by atoms with Crippen molar-refractivity contribution in [1.82, 2.24) is 9.97 Å². The van der Waals surface area contributed by atoms with Crippen LogP contribution >= 0.6 is 0 Å². The van der Waals surface area contributed by atoms with Crippen molar-refractivity contribution in [2.75, 3.05) is 12.4 Å². The van der Waals surface area contributed by atoms with Crippen LogP contribution in [0, 0.1) is 18.6 Å². The number of benzene rings is 1. The first-order valence-corrected chi connectivity index (χ1v) is 5.54. The molecular formula is C13H13F2N3. The molecule has 18 heavy (non-hydrogen) atoms. The Morgan fingerprint density at radius 1 is 1.06 bits per heavy atom. The number of halogens is 2. The van der Waals surface area contributed by atoms with Gasteiger partial charge in [-0.15, -0.1) is 0 Å². The molecule has 0 spiro atoms. The number of nitrogens with zero attached hydrogens (tertiary/aromatic N) is 2. The largest absolute Gasteiger partial charge is 0.373 e. The molecule has 1 aromatic heterocycles. The zero-order valence-corrected chi connectivity index (χ0v) is 10.2. The third-order valence-corrected chi connectivity index (χ3v) is 2.44. The molecule has 0 amide bonds. The van der Waals surface area contributed by atoms with Crippen LogP contribution in [0.5, 0.6) is 0 Å². The van der Waals surface area contributed by atoms with Gasteiger partial charge in [0.05, 0.1) is 0 Å². The lowest BCUT2D eigenvalue weighted by Gasteiger charge is -2.06. The average Bonchev–Trinajstić information content (AvgIpc) is 2.26. The maximum Gasteiger partial charge on any atom is 0.135 e. The molecule has 1 aromatic carbocycles. The minimum absolute atomic E-state index is 0.297. The lowest BCUT2D eigenvalue weighted by Crippen LogP contribution is -2.03. The second kappa shape index (κ2) is 5.08. The van der Waals surface area contributed by atoms with Crippen LogP contribution in [-0.2, 0) is 6.42 Å². The number of rotatable bonds is 3. The Hall–Kier alpha value is -2.04. The Morgan fingerprint density at radius 3 is 2.33 bits per heavy atom. The predicted molar refractivity (Wildman–Crippen MR) is 65.5 cm³/mol. The molecule has 0 bridgehead atoms. The molecule has 3 nitrogen and oxygen atoms in total. The van der Waals surface area contributed by atoms with Crippen molar-refractivity contribution in [3.63, 3.8) is 0 Å². The van der Waals surface area contributed by atoms with Crippen molar-refractivity contribution >= 4 is 5.82 Å². The van der Waals surface area contributed by atoms with Gasteiger partial charge in [0, 0.05) is 31.3 Å². The van der Waals surface area contributed by atoms with E-state index in [1.807, 2.05) is 6.92 Å². The highest BCUT2D eigenvalue weighted by atomic mass is 19.1. The molecule has 1 N–H and O–H groups in total. The molecule has 0 unspecified atom stereocenters. The molecule has 0 aliphatic heterocycles. The number of anilines is 1. The number of hydrogen-bond acceptors (Lipinski definition) is 3. The predicted octanol–water partition coefficient (Wildman–Crippen LogP) is 2.70.